The number of benzene rings is 2. The molecule has 0 aliphatic heterocycles. The van der Waals surface area contributed by atoms with Gasteiger partial charge in [-0.3, -0.25) is 9.63 Å². The fraction of sp³-hybridized carbons (Fsp3) is 0.235. The maximum absolute atomic E-state index is 11.3. The standard InChI is InChI=1S/C17H19NO3/c19-17(20)16(11-14-7-3-1-4-8-14)12-18-21-13-15-9-5-2-6-10-15/h1-10,16,18H,11-13H2,(H,19,20)/t16-/m1/s1. The average molecular weight is 285 g/mol. The maximum Gasteiger partial charge on any atom is 0.308 e. The molecule has 2 rings (SSSR count). The fourth-order valence-electron chi connectivity index (χ4n) is 2.01. The van der Waals surface area contributed by atoms with Gasteiger partial charge in [0.15, 0.2) is 0 Å². The molecule has 0 heterocycles. The van der Waals surface area contributed by atoms with Gasteiger partial charge < -0.3 is 5.11 Å². The minimum Gasteiger partial charge on any atom is -0.481 e. The van der Waals surface area contributed by atoms with E-state index in [1.54, 1.807) is 0 Å². The average Bonchev–Trinajstić information content (AvgIpc) is 2.52. The van der Waals surface area contributed by atoms with Crippen LogP contribution in [0.5, 0.6) is 0 Å². The lowest BCUT2D eigenvalue weighted by Crippen LogP contribution is -2.30. The fourth-order valence-corrected chi connectivity index (χ4v) is 2.01. The SMILES string of the molecule is O=C(O)[C@@H](CNOCc1ccccc1)Cc1ccccc1. The van der Waals surface area contributed by atoms with Crippen molar-refractivity contribution >= 4 is 5.97 Å². The first-order valence-corrected chi connectivity index (χ1v) is 6.91. The van der Waals surface area contributed by atoms with E-state index in [1.165, 1.54) is 0 Å². The minimum atomic E-state index is -0.824. The maximum atomic E-state index is 11.3. The zero-order valence-electron chi connectivity index (χ0n) is 11.7. The summed E-state index contributed by atoms with van der Waals surface area (Å²) in [5.74, 6) is -1.34. The van der Waals surface area contributed by atoms with Crippen molar-refractivity contribution in [2.45, 2.75) is 13.0 Å². The van der Waals surface area contributed by atoms with Crippen LogP contribution >= 0.6 is 0 Å². The van der Waals surface area contributed by atoms with Crippen LogP contribution in [0.2, 0.25) is 0 Å². The molecule has 0 bridgehead atoms. The lowest BCUT2D eigenvalue weighted by atomic mass is 10.00. The molecule has 21 heavy (non-hydrogen) atoms. The molecule has 0 fully saturated rings. The van der Waals surface area contributed by atoms with Crippen molar-refractivity contribution in [2.24, 2.45) is 5.92 Å². The minimum absolute atomic E-state index is 0.275. The first-order valence-electron chi connectivity index (χ1n) is 6.91. The molecule has 110 valence electrons. The van der Waals surface area contributed by atoms with Crippen molar-refractivity contribution < 1.29 is 14.7 Å². The zero-order chi connectivity index (χ0) is 14.9. The van der Waals surface area contributed by atoms with Gasteiger partial charge in [-0.15, -0.1) is 0 Å². The summed E-state index contributed by atoms with van der Waals surface area (Å²) in [5, 5.41) is 9.26. The quantitative estimate of drug-likeness (QED) is 0.578. The van der Waals surface area contributed by atoms with E-state index < -0.39 is 11.9 Å². The second kappa shape index (κ2) is 8.19. The summed E-state index contributed by atoms with van der Waals surface area (Å²) in [6.07, 6.45) is 0.484. The molecule has 0 spiro atoms. The lowest BCUT2D eigenvalue weighted by molar-refractivity contribution is -0.142. The third kappa shape index (κ3) is 5.38. The summed E-state index contributed by atoms with van der Waals surface area (Å²) in [5.41, 5.74) is 4.81. The van der Waals surface area contributed by atoms with E-state index >= 15 is 0 Å². The molecule has 2 N–H and O–H groups in total. The van der Waals surface area contributed by atoms with Crippen molar-refractivity contribution in [3.05, 3.63) is 71.8 Å². The number of nitrogens with one attached hydrogen (secondary N) is 1. The van der Waals surface area contributed by atoms with Crippen LogP contribution in [0.15, 0.2) is 60.7 Å². The highest BCUT2D eigenvalue weighted by molar-refractivity contribution is 5.70. The molecule has 0 amide bonds. The normalized spacial score (nSPS) is 12.0. The van der Waals surface area contributed by atoms with Gasteiger partial charge in [-0.25, -0.2) is 5.48 Å². The van der Waals surface area contributed by atoms with E-state index in [9.17, 15) is 9.90 Å². The molecule has 0 saturated carbocycles. The Morgan fingerprint density at radius 3 is 2.14 bits per heavy atom. The molecule has 4 nitrogen and oxygen atoms in total. The monoisotopic (exact) mass is 285 g/mol. The Hall–Kier alpha value is -2.17. The Kier molecular flexibility index (Phi) is 5.94. The predicted molar refractivity (Wildman–Crippen MR) is 80.5 cm³/mol. The Labute approximate surface area is 124 Å². The Bertz CT molecular complexity index is 542. The molecule has 2 aromatic carbocycles. The van der Waals surface area contributed by atoms with E-state index in [1.807, 2.05) is 60.7 Å². The van der Waals surface area contributed by atoms with E-state index in [0.29, 0.717) is 13.0 Å². The smallest absolute Gasteiger partial charge is 0.308 e. The van der Waals surface area contributed by atoms with Crippen molar-refractivity contribution in [1.82, 2.24) is 5.48 Å². The molecule has 4 heteroatoms. The topological polar surface area (TPSA) is 58.6 Å². The Morgan fingerprint density at radius 1 is 1.00 bits per heavy atom. The van der Waals surface area contributed by atoms with Crippen LogP contribution in [0.1, 0.15) is 11.1 Å². The number of carbonyl (C=O) groups is 1. The third-order valence-electron chi connectivity index (χ3n) is 3.19. The van der Waals surface area contributed by atoms with Crippen LogP contribution in [0.25, 0.3) is 0 Å². The first-order chi connectivity index (χ1) is 10.3. The Morgan fingerprint density at radius 2 is 1.57 bits per heavy atom. The number of carboxylic acids is 1. The van der Waals surface area contributed by atoms with Gasteiger partial charge in [0, 0.05) is 6.54 Å². The van der Waals surface area contributed by atoms with Gasteiger partial charge in [0.1, 0.15) is 0 Å². The number of hydrogen-bond donors (Lipinski definition) is 2. The van der Waals surface area contributed by atoms with Gasteiger partial charge >= 0.3 is 5.97 Å². The van der Waals surface area contributed by atoms with Gasteiger partial charge in [0.25, 0.3) is 0 Å². The van der Waals surface area contributed by atoms with Crippen LogP contribution in [-0.4, -0.2) is 17.6 Å². The molecule has 0 aliphatic rings. The molecular formula is C17H19NO3. The number of carboxylic acid groups (broad SMARTS) is 1. The largest absolute Gasteiger partial charge is 0.481 e. The second-order valence-electron chi connectivity index (χ2n) is 4.85. The molecule has 2 aromatic rings. The molecular weight excluding hydrogens is 266 g/mol. The highest BCUT2D eigenvalue weighted by Crippen LogP contribution is 2.08. The first kappa shape index (κ1) is 15.2. The van der Waals surface area contributed by atoms with Crippen LogP contribution in [0.3, 0.4) is 0 Å². The summed E-state index contributed by atoms with van der Waals surface area (Å²) in [4.78, 5) is 16.6. The molecule has 0 aliphatic carbocycles. The van der Waals surface area contributed by atoms with Gasteiger partial charge in [-0.05, 0) is 17.5 Å². The summed E-state index contributed by atoms with van der Waals surface area (Å²) in [7, 11) is 0. The summed E-state index contributed by atoms with van der Waals surface area (Å²) in [6.45, 7) is 0.690. The van der Waals surface area contributed by atoms with Gasteiger partial charge in [0.2, 0.25) is 0 Å². The number of hydroxylamine groups is 1. The zero-order valence-corrected chi connectivity index (χ0v) is 11.7. The second-order valence-corrected chi connectivity index (χ2v) is 4.85. The van der Waals surface area contributed by atoms with Crippen LogP contribution in [0.4, 0.5) is 0 Å². The third-order valence-corrected chi connectivity index (χ3v) is 3.19. The van der Waals surface area contributed by atoms with Gasteiger partial charge in [-0.2, -0.15) is 0 Å². The van der Waals surface area contributed by atoms with Gasteiger partial charge in [-0.1, -0.05) is 60.7 Å². The van der Waals surface area contributed by atoms with E-state index in [4.69, 9.17) is 4.84 Å². The number of rotatable bonds is 8. The Balaban J connectivity index is 1.77. The van der Waals surface area contributed by atoms with Gasteiger partial charge in [0.05, 0.1) is 12.5 Å². The molecule has 0 radical (unpaired) electrons. The highest BCUT2D eigenvalue weighted by atomic mass is 16.6. The summed E-state index contributed by atoms with van der Waals surface area (Å²) >= 11 is 0. The number of aliphatic carboxylic acids is 1. The number of hydrogen-bond acceptors (Lipinski definition) is 3. The highest BCUT2D eigenvalue weighted by Gasteiger charge is 2.17. The van der Waals surface area contributed by atoms with Crippen LogP contribution in [0, 0.1) is 5.92 Å². The van der Waals surface area contributed by atoms with Crippen molar-refractivity contribution in [1.29, 1.82) is 0 Å². The molecule has 0 unspecified atom stereocenters. The molecule has 1 atom stereocenters. The predicted octanol–water partition coefficient (Wildman–Crippen LogP) is 2.65. The van der Waals surface area contributed by atoms with E-state index in [0.717, 1.165) is 11.1 Å². The van der Waals surface area contributed by atoms with E-state index in [2.05, 4.69) is 5.48 Å². The van der Waals surface area contributed by atoms with Crippen molar-refractivity contribution in [2.75, 3.05) is 6.54 Å². The van der Waals surface area contributed by atoms with Crippen LogP contribution in [-0.2, 0) is 22.7 Å². The molecule has 0 saturated heterocycles. The summed E-state index contributed by atoms with van der Waals surface area (Å²) in [6, 6.07) is 19.3. The molecule has 0 aromatic heterocycles. The summed E-state index contributed by atoms with van der Waals surface area (Å²) < 4.78 is 0. The van der Waals surface area contributed by atoms with E-state index in [-0.39, 0.29) is 6.54 Å². The lowest BCUT2D eigenvalue weighted by Gasteiger charge is -2.13. The van der Waals surface area contributed by atoms with Crippen molar-refractivity contribution in [3.8, 4) is 0 Å². The van der Waals surface area contributed by atoms with Crippen LogP contribution < -0.4 is 5.48 Å². The van der Waals surface area contributed by atoms with Crippen molar-refractivity contribution in [3.63, 3.8) is 0 Å².